The first-order valence-electron chi connectivity index (χ1n) is 3.10. The van der Waals surface area contributed by atoms with E-state index in [1.807, 2.05) is 5.32 Å². The molecule has 0 bridgehead atoms. The second kappa shape index (κ2) is 3.74. The molecule has 0 aliphatic carbocycles. The molecule has 66 valence electrons. The maximum atomic E-state index is 10.4. The molecule has 1 atom stereocenters. The van der Waals surface area contributed by atoms with Gasteiger partial charge in [0, 0.05) is 0 Å². The second-order valence-corrected chi connectivity index (χ2v) is 2.41. The van der Waals surface area contributed by atoms with Gasteiger partial charge in [0.05, 0.1) is 6.54 Å². The minimum absolute atomic E-state index is 0.411. The maximum Gasteiger partial charge on any atom is 0.337 e. The number of nitrogens with one attached hydrogen (secondary N) is 1. The van der Waals surface area contributed by atoms with Crippen LogP contribution in [-0.4, -0.2) is 34.2 Å². The lowest BCUT2D eigenvalue weighted by atomic mass is 10.1. The van der Waals surface area contributed by atoms with E-state index in [-0.39, 0.29) is 0 Å². The SMILES string of the molecule is C#CC(=O)NCC(C)(O)C(=O)O. The highest BCUT2D eigenvalue weighted by Gasteiger charge is 2.29. The number of aliphatic hydroxyl groups is 1. The average Bonchev–Trinajstić information content (AvgIpc) is 2.00. The quantitative estimate of drug-likeness (QED) is 0.454. The predicted octanol–water partition coefficient (Wildman–Crippen LogP) is -1.43. The molecule has 1 amide bonds. The summed E-state index contributed by atoms with van der Waals surface area (Å²) in [7, 11) is 0. The zero-order chi connectivity index (χ0) is 9.78. The fourth-order valence-corrected chi connectivity index (χ4v) is 0.379. The Hall–Kier alpha value is -1.54. The average molecular weight is 171 g/mol. The topological polar surface area (TPSA) is 86.6 Å². The fourth-order valence-electron chi connectivity index (χ4n) is 0.379. The zero-order valence-electron chi connectivity index (χ0n) is 6.50. The van der Waals surface area contributed by atoms with Crippen LogP contribution < -0.4 is 5.32 Å². The van der Waals surface area contributed by atoms with Crippen molar-refractivity contribution in [2.24, 2.45) is 0 Å². The van der Waals surface area contributed by atoms with Crippen LogP contribution in [0.2, 0.25) is 0 Å². The van der Waals surface area contributed by atoms with Crippen molar-refractivity contribution in [1.82, 2.24) is 5.32 Å². The molecular formula is C7H9NO4. The summed E-state index contributed by atoms with van der Waals surface area (Å²) in [5, 5.41) is 19.5. The minimum atomic E-state index is -1.98. The summed E-state index contributed by atoms with van der Waals surface area (Å²) in [5.74, 6) is -0.448. The highest BCUT2D eigenvalue weighted by molar-refractivity contribution is 5.93. The molecule has 0 saturated heterocycles. The lowest BCUT2D eigenvalue weighted by Crippen LogP contribution is -2.46. The molecule has 12 heavy (non-hydrogen) atoms. The molecule has 5 nitrogen and oxygen atoms in total. The van der Waals surface area contributed by atoms with E-state index in [0.717, 1.165) is 6.92 Å². The Morgan fingerprint density at radius 3 is 2.50 bits per heavy atom. The third kappa shape index (κ3) is 3.03. The molecule has 0 heterocycles. The predicted molar refractivity (Wildman–Crippen MR) is 40.1 cm³/mol. The van der Waals surface area contributed by atoms with E-state index >= 15 is 0 Å². The Kier molecular flexibility index (Phi) is 3.26. The van der Waals surface area contributed by atoms with E-state index < -0.39 is 24.0 Å². The van der Waals surface area contributed by atoms with Crippen LogP contribution in [0.4, 0.5) is 0 Å². The number of carbonyl (C=O) groups excluding carboxylic acids is 1. The summed E-state index contributed by atoms with van der Waals surface area (Å²) in [5.41, 5.74) is -1.98. The van der Waals surface area contributed by atoms with Crippen LogP contribution in [-0.2, 0) is 9.59 Å². The number of carboxylic acid groups (broad SMARTS) is 1. The van der Waals surface area contributed by atoms with Crippen molar-refractivity contribution < 1.29 is 19.8 Å². The van der Waals surface area contributed by atoms with Gasteiger partial charge in [-0.25, -0.2) is 4.79 Å². The van der Waals surface area contributed by atoms with Crippen LogP contribution in [0.25, 0.3) is 0 Å². The third-order valence-corrected chi connectivity index (χ3v) is 1.18. The molecular weight excluding hydrogens is 162 g/mol. The highest BCUT2D eigenvalue weighted by Crippen LogP contribution is 1.99. The Balaban J connectivity index is 4.03. The van der Waals surface area contributed by atoms with Crippen molar-refractivity contribution in [2.45, 2.75) is 12.5 Å². The summed E-state index contributed by atoms with van der Waals surface area (Å²) >= 11 is 0. The first-order chi connectivity index (χ1) is 5.40. The first kappa shape index (κ1) is 10.5. The summed E-state index contributed by atoms with van der Waals surface area (Å²) in [4.78, 5) is 20.7. The second-order valence-electron chi connectivity index (χ2n) is 2.41. The highest BCUT2D eigenvalue weighted by atomic mass is 16.4. The van der Waals surface area contributed by atoms with Gasteiger partial charge in [0.1, 0.15) is 0 Å². The third-order valence-electron chi connectivity index (χ3n) is 1.18. The van der Waals surface area contributed by atoms with Crippen molar-refractivity contribution in [3.63, 3.8) is 0 Å². The number of carbonyl (C=O) groups is 2. The summed E-state index contributed by atoms with van der Waals surface area (Å²) in [6, 6.07) is 0. The van der Waals surface area contributed by atoms with Crippen molar-refractivity contribution in [3.8, 4) is 12.3 Å². The molecule has 1 unspecified atom stereocenters. The van der Waals surface area contributed by atoms with Gasteiger partial charge in [-0.2, -0.15) is 0 Å². The molecule has 0 radical (unpaired) electrons. The molecule has 0 saturated carbocycles. The minimum Gasteiger partial charge on any atom is -0.479 e. The number of terminal acetylenes is 1. The van der Waals surface area contributed by atoms with E-state index in [0.29, 0.717) is 0 Å². The van der Waals surface area contributed by atoms with Gasteiger partial charge in [0.2, 0.25) is 0 Å². The van der Waals surface area contributed by atoms with Crippen LogP contribution in [0, 0.1) is 12.3 Å². The van der Waals surface area contributed by atoms with Crippen LogP contribution in [0.3, 0.4) is 0 Å². The monoisotopic (exact) mass is 171 g/mol. The van der Waals surface area contributed by atoms with E-state index in [9.17, 15) is 9.59 Å². The van der Waals surface area contributed by atoms with Crippen molar-refractivity contribution in [2.75, 3.05) is 6.54 Å². The molecule has 0 fully saturated rings. The number of hydrogen-bond donors (Lipinski definition) is 3. The van der Waals surface area contributed by atoms with Gasteiger partial charge in [0.15, 0.2) is 5.60 Å². The van der Waals surface area contributed by atoms with Gasteiger partial charge in [-0.3, -0.25) is 4.79 Å². The molecule has 0 aromatic heterocycles. The molecule has 0 aromatic rings. The van der Waals surface area contributed by atoms with Gasteiger partial charge in [0.25, 0.3) is 5.91 Å². The molecule has 0 aliphatic rings. The normalized spacial score (nSPS) is 14.1. The van der Waals surface area contributed by atoms with Gasteiger partial charge in [-0.1, -0.05) is 0 Å². The van der Waals surface area contributed by atoms with Gasteiger partial charge >= 0.3 is 5.97 Å². The standard InChI is InChI=1S/C7H9NO4/c1-3-5(9)8-4-7(2,12)6(10)11/h1,12H,4H2,2H3,(H,8,9)(H,10,11). The fraction of sp³-hybridized carbons (Fsp3) is 0.429. The van der Waals surface area contributed by atoms with Gasteiger partial charge in [-0.15, -0.1) is 6.42 Å². The van der Waals surface area contributed by atoms with Gasteiger partial charge in [-0.05, 0) is 12.8 Å². The van der Waals surface area contributed by atoms with Crippen LogP contribution in [0.15, 0.2) is 0 Å². The van der Waals surface area contributed by atoms with Gasteiger partial charge < -0.3 is 15.5 Å². The number of amides is 1. The summed E-state index contributed by atoms with van der Waals surface area (Å²) in [6.45, 7) is 0.650. The van der Waals surface area contributed by atoms with E-state index in [4.69, 9.17) is 10.2 Å². The first-order valence-corrected chi connectivity index (χ1v) is 3.10. The van der Waals surface area contributed by atoms with E-state index in [1.165, 1.54) is 0 Å². The summed E-state index contributed by atoms with van der Waals surface area (Å²) < 4.78 is 0. The number of carboxylic acids is 1. The number of hydrogen-bond acceptors (Lipinski definition) is 3. The molecule has 0 rings (SSSR count). The number of rotatable bonds is 3. The Morgan fingerprint density at radius 1 is 1.67 bits per heavy atom. The molecule has 3 N–H and O–H groups in total. The molecule has 0 spiro atoms. The largest absolute Gasteiger partial charge is 0.479 e. The Morgan fingerprint density at radius 2 is 2.17 bits per heavy atom. The van der Waals surface area contributed by atoms with Crippen molar-refractivity contribution in [3.05, 3.63) is 0 Å². The Labute approximate surface area is 69.4 Å². The maximum absolute atomic E-state index is 10.4. The number of aliphatic carboxylic acids is 1. The molecule has 0 aromatic carbocycles. The Bertz CT molecular complexity index is 238. The lowest BCUT2D eigenvalue weighted by molar-refractivity contribution is -0.156. The van der Waals surface area contributed by atoms with Crippen LogP contribution in [0.1, 0.15) is 6.92 Å². The molecule has 5 heteroatoms. The smallest absolute Gasteiger partial charge is 0.337 e. The molecule has 0 aliphatic heterocycles. The summed E-state index contributed by atoms with van der Waals surface area (Å²) in [6.07, 6.45) is 4.69. The van der Waals surface area contributed by atoms with Crippen molar-refractivity contribution in [1.29, 1.82) is 0 Å². The van der Waals surface area contributed by atoms with E-state index in [1.54, 1.807) is 5.92 Å². The van der Waals surface area contributed by atoms with E-state index in [2.05, 4.69) is 6.42 Å². The van der Waals surface area contributed by atoms with Crippen LogP contribution in [0.5, 0.6) is 0 Å². The van der Waals surface area contributed by atoms with Crippen LogP contribution >= 0.6 is 0 Å². The lowest BCUT2D eigenvalue weighted by Gasteiger charge is -2.16. The zero-order valence-corrected chi connectivity index (χ0v) is 6.50. The van der Waals surface area contributed by atoms with Crippen molar-refractivity contribution >= 4 is 11.9 Å².